The molecule has 6 aliphatic rings. The Balaban J connectivity index is 1.61. The van der Waals surface area contributed by atoms with E-state index in [-0.39, 0.29) is 43.1 Å². The lowest BCUT2D eigenvalue weighted by molar-refractivity contribution is -0.143. The summed E-state index contributed by atoms with van der Waals surface area (Å²) in [5.41, 5.74) is 11.8. The summed E-state index contributed by atoms with van der Waals surface area (Å²) in [6.45, 7) is 14.3. The van der Waals surface area contributed by atoms with Gasteiger partial charge in [-0.1, -0.05) is 26.5 Å². The van der Waals surface area contributed by atoms with Gasteiger partial charge in [0, 0.05) is 52.9 Å². The molecule has 244 valence electrons. The van der Waals surface area contributed by atoms with Crippen molar-refractivity contribution < 1.29 is 24.5 Å². The number of ether oxygens (including phenoxy) is 1. The van der Waals surface area contributed by atoms with Crippen molar-refractivity contribution in [1.82, 2.24) is 10.6 Å². The molecular formula is C37H41N5O5. The van der Waals surface area contributed by atoms with Crippen molar-refractivity contribution in [3.8, 4) is 0 Å². The maximum atomic E-state index is 13.4. The molecule has 0 saturated carbocycles. The average molecular weight is 636 g/mol. The van der Waals surface area contributed by atoms with E-state index in [2.05, 4.69) is 38.0 Å². The van der Waals surface area contributed by atoms with Gasteiger partial charge in [-0.05, 0) is 74.1 Å². The van der Waals surface area contributed by atoms with E-state index in [4.69, 9.17) is 19.7 Å². The number of fused-ring (bicyclic) bond motifs is 5. The molecule has 1 fully saturated rings. The summed E-state index contributed by atoms with van der Waals surface area (Å²) in [4.78, 5) is 41.2. The summed E-state index contributed by atoms with van der Waals surface area (Å²) >= 11 is 0. The minimum Gasteiger partial charge on any atom is -0.510 e. The molecule has 47 heavy (non-hydrogen) atoms. The lowest BCUT2D eigenvalue weighted by Gasteiger charge is -2.20. The van der Waals surface area contributed by atoms with Crippen LogP contribution in [0.15, 0.2) is 119 Å². The molecule has 0 radical (unpaired) electrons. The zero-order valence-electron chi connectivity index (χ0n) is 27.7. The molecule has 3 atom stereocenters. The fraction of sp³-hybridized carbons (Fsp3) is 0.378. The van der Waals surface area contributed by atoms with Gasteiger partial charge in [0.05, 0.1) is 47.9 Å². The van der Waals surface area contributed by atoms with E-state index >= 15 is 0 Å². The summed E-state index contributed by atoms with van der Waals surface area (Å²) < 4.78 is 5.22. The van der Waals surface area contributed by atoms with Crippen LogP contribution in [0.1, 0.15) is 53.9 Å². The molecule has 0 aromatic heterocycles. The number of carbonyl (C=O) groups excluding carboxylic acids is 2. The Kier molecular flexibility index (Phi) is 8.48. The van der Waals surface area contributed by atoms with Crippen LogP contribution in [0.25, 0.3) is 0 Å². The van der Waals surface area contributed by atoms with Gasteiger partial charge in [0.1, 0.15) is 11.7 Å². The van der Waals surface area contributed by atoms with Crippen LogP contribution in [0.3, 0.4) is 0 Å². The molecule has 10 nitrogen and oxygen atoms in total. The van der Waals surface area contributed by atoms with E-state index in [0.29, 0.717) is 34.7 Å². The fourth-order valence-corrected chi connectivity index (χ4v) is 7.34. The normalized spacial score (nSPS) is 24.7. The predicted octanol–water partition coefficient (Wildman–Crippen LogP) is 5.13. The third-order valence-corrected chi connectivity index (χ3v) is 9.98. The van der Waals surface area contributed by atoms with Crippen LogP contribution in [-0.2, 0) is 14.3 Å². The Hall–Kier alpha value is -4.83. The van der Waals surface area contributed by atoms with Crippen molar-refractivity contribution in [2.24, 2.45) is 32.7 Å². The Morgan fingerprint density at radius 3 is 2.47 bits per heavy atom. The van der Waals surface area contributed by atoms with Crippen LogP contribution < -0.4 is 10.6 Å². The summed E-state index contributed by atoms with van der Waals surface area (Å²) in [5, 5.41) is 27.2. The van der Waals surface area contributed by atoms with Gasteiger partial charge in [0.15, 0.2) is 0 Å². The van der Waals surface area contributed by atoms with Gasteiger partial charge in [-0.15, -0.1) is 0 Å². The molecule has 5 heterocycles. The first-order valence-corrected chi connectivity index (χ1v) is 16.1. The van der Waals surface area contributed by atoms with Gasteiger partial charge in [0.2, 0.25) is 5.91 Å². The number of hydrogen-bond acceptors (Lipinski definition) is 9. The Morgan fingerprint density at radius 2 is 1.79 bits per heavy atom. The van der Waals surface area contributed by atoms with Crippen LogP contribution in [0.4, 0.5) is 0 Å². The number of aliphatic hydroxyl groups is 2. The smallest absolute Gasteiger partial charge is 0.321 e. The molecule has 0 unspecified atom stereocenters. The lowest BCUT2D eigenvalue weighted by Crippen LogP contribution is -2.28. The van der Waals surface area contributed by atoms with Crippen molar-refractivity contribution in [3.05, 3.63) is 104 Å². The van der Waals surface area contributed by atoms with Crippen molar-refractivity contribution in [1.29, 1.82) is 0 Å². The molecule has 0 aromatic rings. The largest absolute Gasteiger partial charge is 0.510 e. The highest BCUT2D eigenvalue weighted by atomic mass is 16.5. The average Bonchev–Trinajstić information content (AvgIpc) is 3.79. The summed E-state index contributed by atoms with van der Waals surface area (Å²) in [6, 6.07) is 0. The van der Waals surface area contributed by atoms with Crippen molar-refractivity contribution in [2.75, 3.05) is 20.3 Å². The van der Waals surface area contributed by atoms with Crippen LogP contribution in [-0.4, -0.2) is 59.5 Å². The first-order valence-electron chi connectivity index (χ1n) is 16.1. The van der Waals surface area contributed by atoms with E-state index in [1.165, 1.54) is 7.11 Å². The zero-order chi connectivity index (χ0) is 33.7. The molecule has 5 aliphatic heterocycles. The minimum absolute atomic E-state index is 0.100. The molecular weight excluding hydrogens is 594 g/mol. The highest BCUT2D eigenvalue weighted by Gasteiger charge is 2.49. The number of nitrogens with zero attached hydrogens (tertiary/aromatic N) is 3. The number of rotatable bonds is 8. The molecule has 0 spiro atoms. The van der Waals surface area contributed by atoms with Gasteiger partial charge >= 0.3 is 5.97 Å². The van der Waals surface area contributed by atoms with Gasteiger partial charge in [0.25, 0.3) is 0 Å². The highest BCUT2D eigenvalue weighted by Crippen LogP contribution is 2.49. The molecule has 1 amide bonds. The SMILES string of the molecule is C=CC1=C(C)C2=NC1=CC1=NC(=CC3=C(C)C4=C(O)[C@H](C(=O)OC)C(=C5NC(=C2)[C@@H](C)[C@@H]5CCC(=O)NCCO)C4=N3)C(CC)=C1C. The monoisotopic (exact) mass is 635 g/mol. The van der Waals surface area contributed by atoms with Crippen LogP contribution in [0.2, 0.25) is 0 Å². The zero-order valence-corrected chi connectivity index (χ0v) is 27.7. The van der Waals surface area contributed by atoms with E-state index in [9.17, 15) is 19.8 Å². The second-order valence-corrected chi connectivity index (χ2v) is 12.5. The van der Waals surface area contributed by atoms with Crippen molar-refractivity contribution >= 4 is 29.0 Å². The second-order valence-electron chi connectivity index (χ2n) is 12.5. The van der Waals surface area contributed by atoms with Crippen LogP contribution in [0, 0.1) is 17.8 Å². The first-order chi connectivity index (χ1) is 22.5. The minimum atomic E-state index is -1.08. The van der Waals surface area contributed by atoms with Crippen LogP contribution in [0.5, 0.6) is 0 Å². The number of aliphatic imine (C=N–C) groups is 3. The van der Waals surface area contributed by atoms with E-state index in [0.717, 1.165) is 62.8 Å². The molecule has 10 heteroatoms. The lowest BCUT2D eigenvalue weighted by atomic mass is 9.84. The van der Waals surface area contributed by atoms with E-state index < -0.39 is 11.9 Å². The van der Waals surface area contributed by atoms with Crippen LogP contribution >= 0.6 is 0 Å². The summed E-state index contributed by atoms with van der Waals surface area (Å²) in [6.07, 6.45) is 9.23. The van der Waals surface area contributed by atoms with E-state index in [1.54, 1.807) is 0 Å². The number of carbonyl (C=O) groups is 2. The number of methoxy groups -OCH3 is 1. The van der Waals surface area contributed by atoms with E-state index in [1.807, 2.05) is 38.2 Å². The number of amides is 1. The molecule has 6 rings (SSSR count). The fourth-order valence-electron chi connectivity index (χ4n) is 7.34. The summed E-state index contributed by atoms with van der Waals surface area (Å²) in [7, 11) is 1.31. The number of allylic oxidation sites excluding steroid dienone is 11. The summed E-state index contributed by atoms with van der Waals surface area (Å²) in [5.74, 6) is -2.27. The third-order valence-electron chi connectivity index (χ3n) is 9.98. The Labute approximate surface area is 274 Å². The number of nitrogens with one attached hydrogen (secondary N) is 2. The predicted molar refractivity (Wildman–Crippen MR) is 182 cm³/mol. The molecule has 1 saturated heterocycles. The molecule has 8 bridgehead atoms. The molecule has 4 N–H and O–H groups in total. The Bertz CT molecular complexity index is 1870. The van der Waals surface area contributed by atoms with Gasteiger partial charge in [-0.3, -0.25) is 9.59 Å². The molecule has 0 aromatic carbocycles. The number of aliphatic hydroxyl groups excluding tert-OH is 2. The highest BCUT2D eigenvalue weighted by molar-refractivity contribution is 6.24. The number of hydrogen-bond donors (Lipinski definition) is 4. The van der Waals surface area contributed by atoms with Gasteiger partial charge in [-0.2, -0.15) is 0 Å². The quantitative estimate of drug-likeness (QED) is 0.272. The maximum absolute atomic E-state index is 13.4. The standard InChI is InChI=1S/C37H41N5O5/c1-8-21-17(3)24-14-26-19(5)23(10-11-30(44)38-12-13-43)34(41-26)32-33(37(46)47-7)36(45)31-20(6)27(42-35(31)32)16-29-22(9-2)18(4)25(40-29)15-28(21)39-24/h8,14-16,19,23,33,41,43,45H,1,9-13H2,2-7H3,(H,38,44)/t19-,23-,33+/m0/s1. The second kappa shape index (κ2) is 12.4. The van der Waals surface area contributed by atoms with Gasteiger partial charge < -0.3 is 25.6 Å². The van der Waals surface area contributed by atoms with Gasteiger partial charge in [-0.25, -0.2) is 15.0 Å². The first kappa shape index (κ1) is 32.1. The topological polar surface area (TPSA) is 145 Å². The molecule has 1 aliphatic carbocycles. The van der Waals surface area contributed by atoms with Crippen molar-refractivity contribution in [2.45, 2.75) is 53.9 Å². The Morgan fingerprint density at radius 1 is 1.06 bits per heavy atom. The number of esters is 1. The third kappa shape index (κ3) is 5.20. The maximum Gasteiger partial charge on any atom is 0.321 e. The van der Waals surface area contributed by atoms with Crippen molar-refractivity contribution in [3.63, 3.8) is 0 Å².